The van der Waals surface area contributed by atoms with Crippen LogP contribution in [0.3, 0.4) is 0 Å². The van der Waals surface area contributed by atoms with Crippen molar-refractivity contribution < 1.29 is 13.9 Å². The number of rotatable bonds is 7. The Bertz CT molecular complexity index is 1360. The number of hydrogen-bond donors (Lipinski definition) is 1. The first-order chi connectivity index (χ1) is 16.1. The van der Waals surface area contributed by atoms with E-state index < -0.39 is 0 Å². The summed E-state index contributed by atoms with van der Waals surface area (Å²) >= 11 is 0. The average Bonchev–Trinajstić information content (AvgIpc) is 3.28. The van der Waals surface area contributed by atoms with Crippen molar-refractivity contribution in [2.24, 2.45) is 5.73 Å². The standard InChI is InChI=1S/C27H23N3O3/c1-18(28)20-10-12-24-25(14-20)33-27(30-24)21-11-13-26(29-16-21)32-23-9-5-8-22(15-23)31-17-19-6-3-2-4-7-19/h2-16,18H,17,28H2,1H3. The van der Waals surface area contributed by atoms with Crippen molar-refractivity contribution in [2.45, 2.75) is 19.6 Å². The average molecular weight is 437 g/mol. The van der Waals surface area contributed by atoms with E-state index in [1.165, 1.54) is 0 Å². The molecule has 2 N–H and O–H groups in total. The predicted octanol–water partition coefficient (Wildman–Crippen LogP) is 6.28. The van der Waals surface area contributed by atoms with Crippen LogP contribution in [-0.4, -0.2) is 9.97 Å². The van der Waals surface area contributed by atoms with Gasteiger partial charge >= 0.3 is 0 Å². The zero-order chi connectivity index (χ0) is 22.6. The van der Waals surface area contributed by atoms with E-state index in [-0.39, 0.29) is 6.04 Å². The fourth-order valence-corrected chi connectivity index (χ4v) is 3.40. The maximum atomic E-state index is 5.96. The zero-order valence-corrected chi connectivity index (χ0v) is 18.1. The SMILES string of the molecule is CC(N)c1ccc2nc(-c3ccc(Oc4cccc(OCc5ccccc5)c4)nc3)oc2c1. The highest BCUT2D eigenvalue weighted by atomic mass is 16.5. The van der Waals surface area contributed by atoms with Gasteiger partial charge in [-0.05, 0) is 48.4 Å². The quantitative estimate of drug-likeness (QED) is 0.323. The molecule has 33 heavy (non-hydrogen) atoms. The zero-order valence-electron chi connectivity index (χ0n) is 18.1. The normalized spacial score (nSPS) is 11.9. The maximum Gasteiger partial charge on any atom is 0.228 e. The second kappa shape index (κ2) is 9.14. The molecule has 0 aliphatic heterocycles. The molecule has 0 radical (unpaired) electrons. The van der Waals surface area contributed by atoms with Crippen molar-refractivity contribution in [1.82, 2.24) is 9.97 Å². The molecule has 0 aliphatic rings. The molecule has 0 fully saturated rings. The first-order valence-electron chi connectivity index (χ1n) is 10.7. The minimum Gasteiger partial charge on any atom is -0.489 e. The Labute approximate surface area is 191 Å². The van der Waals surface area contributed by atoms with Gasteiger partial charge in [0.1, 0.15) is 23.6 Å². The van der Waals surface area contributed by atoms with E-state index in [1.807, 2.05) is 85.8 Å². The van der Waals surface area contributed by atoms with Crippen LogP contribution in [0.5, 0.6) is 17.4 Å². The van der Waals surface area contributed by atoms with Crippen LogP contribution in [0.2, 0.25) is 0 Å². The lowest BCUT2D eigenvalue weighted by atomic mass is 10.1. The molecule has 0 bridgehead atoms. The van der Waals surface area contributed by atoms with Crippen LogP contribution >= 0.6 is 0 Å². The third-order valence-electron chi connectivity index (χ3n) is 5.20. The molecule has 3 aromatic carbocycles. The summed E-state index contributed by atoms with van der Waals surface area (Å²) in [4.78, 5) is 8.96. The molecule has 0 amide bonds. The van der Waals surface area contributed by atoms with E-state index in [0.717, 1.165) is 28.0 Å². The Hall–Kier alpha value is -4.16. The Balaban J connectivity index is 1.28. The summed E-state index contributed by atoms with van der Waals surface area (Å²) in [5.41, 5.74) is 10.3. The van der Waals surface area contributed by atoms with E-state index in [0.29, 0.717) is 29.7 Å². The van der Waals surface area contributed by atoms with Gasteiger partial charge in [0, 0.05) is 24.4 Å². The van der Waals surface area contributed by atoms with Gasteiger partial charge in [-0.3, -0.25) is 0 Å². The van der Waals surface area contributed by atoms with Crippen molar-refractivity contribution in [1.29, 1.82) is 0 Å². The molecule has 1 unspecified atom stereocenters. The van der Waals surface area contributed by atoms with Gasteiger partial charge in [-0.2, -0.15) is 0 Å². The summed E-state index contributed by atoms with van der Waals surface area (Å²) in [6, 6.07) is 26.9. The van der Waals surface area contributed by atoms with Gasteiger partial charge in [0.05, 0.1) is 5.56 Å². The minimum atomic E-state index is -0.0664. The smallest absolute Gasteiger partial charge is 0.228 e. The third-order valence-corrected chi connectivity index (χ3v) is 5.20. The number of nitrogens with two attached hydrogens (primary N) is 1. The third kappa shape index (κ3) is 4.86. The Kier molecular flexibility index (Phi) is 5.74. The summed E-state index contributed by atoms with van der Waals surface area (Å²) in [5.74, 6) is 2.34. The van der Waals surface area contributed by atoms with Gasteiger partial charge in [0.15, 0.2) is 5.58 Å². The van der Waals surface area contributed by atoms with Crippen LogP contribution in [0.4, 0.5) is 0 Å². The lowest BCUT2D eigenvalue weighted by molar-refractivity contribution is 0.304. The monoisotopic (exact) mass is 437 g/mol. The van der Waals surface area contributed by atoms with Gasteiger partial charge < -0.3 is 19.6 Å². The van der Waals surface area contributed by atoms with Crippen molar-refractivity contribution in [2.75, 3.05) is 0 Å². The highest BCUT2D eigenvalue weighted by Crippen LogP contribution is 2.28. The number of hydrogen-bond acceptors (Lipinski definition) is 6. The van der Waals surface area contributed by atoms with Crippen LogP contribution in [0.25, 0.3) is 22.6 Å². The highest BCUT2D eigenvalue weighted by molar-refractivity contribution is 5.77. The van der Waals surface area contributed by atoms with Gasteiger partial charge in [0.25, 0.3) is 0 Å². The molecule has 6 heteroatoms. The fourth-order valence-electron chi connectivity index (χ4n) is 3.40. The molecule has 0 aliphatic carbocycles. The van der Waals surface area contributed by atoms with Crippen molar-refractivity contribution in [3.05, 3.63) is 102 Å². The number of pyridine rings is 1. The maximum absolute atomic E-state index is 5.96. The molecule has 6 nitrogen and oxygen atoms in total. The number of benzene rings is 3. The molecular formula is C27H23N3O3. The van der Waals surface area contributed by atoms with Crippen LogP contribution in [0.1, 0.15) is 24.1 Å². The Morgan fingerprint density at radius 2 is 1.76 bits per heavy atom. The number of fused-ring (bicyclic) bond motifs is 1. The molecular weight excluding hydrogens is 414 g/mol. The van der Waals surface area contributed by atoms with E-state index in [1.54, 1.807) is 12.3 Å². The number of ether oxygens (including phenoxy) is 2. The molecule has 1 atom stereocenters. The summed E-state index contributed by atoms with van der Waals surface area (Å²) in [6.45, 7) is 2.43. The highest BCUT2D eigenvalue weighted by Gasteiger charge is 2.11. The van der Waals surface area contributed by atoms with Gasteiger partial charge in [-0.1, -0.05) is 42.5 Å². The molecule has 5 rings (SSSR count). The topological polar surface area (TPSA) is 83.4 Å². The number of nitrogens with zero attached hydrogens (tertiary/aromatic N) is 2. The lowest BCUT2D eigenvalue weighted by Crippen LogP contribution is -2.04. The summed E-state index contributed by atoms with van der Waals surface area (Å²) in [6.07, 6.45) is 1.68. The molecule has 164 valence electrons. The molecule has 0 saturated carbocycles. The van der Waals surface area contributed by atoms with Crippen molar-refractivity contribution in [3.8, 4) is 28.8 Å². The summed E-state index contributed by atoms with van der Waals surface area (Å²) in [7, 11) is 0. The number of aromatic nitrogens is 2. The lowest BCUT2D eigenvalue weighted by Gasteiger charge is -2.09. The fraction of sp³-hybridized carbons (Fsp3) is 0.111. The molecule has 2 heterocycles. The first-order valence-corrected chi connectivity index (χ1v) is 10.7. The van der Waals surface area contributed by atoms with Crippen LogP contribution in [0.15, 0.2) is 95.5 Å². The predicted molar refractivity (Wildman–Crippen MR) is 127 cm³/mol. The van der Waals surface area contributed by atoms with Crippen LogP contribution in [-0.2, 0) is 6.61 Å². The Morgan fingerprint density at radius 1 is 0.909 bits per heavy atom. The van der Waals surface area contributed by atoms with E-state index >= 15 is 0 Å². The molecule has 5 aromatic rings. The second-order valence-electron chi connectivity index (χ2n) is 7.77. The molecule has 2 aromatic heterocycles. The van der Waals surface area contributed by atoms with Gasteiger partial charge in [-0.25, -0.2) is 9.97 Å². The van der Waals surface area contributed by atoms with Crippen molar-refractivity contribution in [3.63, 3.8) is 0 Å². The first kappa shape index (κ1) is 20.7. The summed E-state index contributed by atoms with van der Waals surface area (Å²) in [5, 5.41) is 0. The Morgan fingerprint density at radius 3 is 2.55 bits per heavy atom. The largest absolute Gasteiger partial charge is 0.489 e. The molecule has 0 spiro atoms. The van der Waals surface area contributed by atoms with E-state index in [4.69, 9.17) is 19.6 Å². The van der Waals surface area contributed by atoms with Crippen LogP contribution < -0.4 is 15.2 Å². The van der Waals surface area contributed by atoms with E-state index in [9.17, 15) is 0 Å². The number of oxazole rings is 1. The van der Waals surface area contributed by atoms with E-state index in [2.05, 4.69) is 9.97 Å². The second-order valence-corrected chi connectivity index (χ2v) is 7.77. The van der Waals surface area contributed by atoms with Crippen LogP contribution in [0, 0.1) is 0 Å². The molecule has 0 saturated heterocycles. The van der Waals surface area contributed by atoms with Gasteiger partial charge in [0.2, 0.25) is 11.8 Å². The van der Waals surface area contributed by atoms with Gasteiger partial charge in [-0.15, -0.1) is 0 Å². The minimum absolute atomic E-state index is 0.0664. The summed E-state index contributed by atoms with van der Waals surface area (Å²) < 4.78 is 17.7. The van der Waals surface area contributed by atoms with Crippen molar-refractivity contribution >= 4 is 11.1 Å².